The number of aromatic nitrogens is 1. The Hall–Kier alpha value is -4.53. The average Bonchev–Trinajstić information content (AvgIpc) is 3.49. The van der Waals surface area contributed by atoms with Crippen LogP contribution in [-0.2, 0) is 11.3 Å². The van der Waals surface area contributed by atoms with E-state index in [1.807, 2.05) is 53.4 Å². The van der Waals surface area contributed by atoms with Gasteiger partial charge >= 0.3 is 5.97 Å². The van der Waals surface area contributed by atoms with Crippen molar-refractivity contribution in [2.24, 2.45) is 0 Å². The summed E-state index contributed by atoms with van der Waals surface area (Å²) in [5, 5.41) is 0.770. The fourth-order valence-corrected chi connectivity index (χ4v) is 4.93. The summed E-state index contributed by atoms with van der Waals surface area (Å²) in [6, 6.07) is 18.4. The Morgan fingerprint density at radius 3 is 2.31 bits per heavy atom. The number of ether oxygens (including phenoxy) is 2. The minimum Gasteiger partial charge on any atom is -0.497 e. The highest BCUT2D eigenvalue weighted by molar-refractivity contribution is 6.05. The lowest BCUT2D eigenvalue weighted by atomic mass is 10.0. The van der Waals surface area contributed by atoms with Crippen LogP contribution in [0.2, 0.25) is 0 Å². The van der Waals surface area contributed by atoms with Gasteiger partial charge in [0, 0.05) is 31.6 Å². The minimum absolute atomic E-state index is 0.00160. The monoisotopic (exact) mass is 529 g/mol. The molecule has 0 unspecified atom stereocenters. The second kappa shape index (κ2) is 11.1. The lowest BCUT2D eigenvalue weighted by Crippen LogP contribution is -2.49. The summed E-state index contributed by atoms with van der Waals surface area (Å²) in [5.41, 5.74) is 1.73. The van der Waals surface area contributed by atoms with E-state index in [4.69, 9.17) is 13.9 Å². The van der Waals surface area contributed by atoms with Crippen molar-refractivity contribution < 1.29 is 23.5 Å². The largest absolute Gasteiger partial charge is 0.497 e. The van der Waals surface area contributed by atoms with Gasteiger partial charge < -0.3 is 28.3 Å². The van der Waals surface area contributed by atoms with Crippen molar-refractivity contribution in [1.82, 2.24) is 9.47 Å². The second-order valence-corrected chi connectivity index (χ2v) is 9.69. The Morgan fingerprint density at radius 1 is 0.949 bits per heavy atom. The summed E-state index contributed by atoms with van der Waals surface area (Å²) >= 11 is 0. The molecule has 1 fully saturated rings. The number of methoxy groups -OCH3 is 1. The first kappa shape index (κ1) is 26.1. The van der Waals surface area contributed by atoms with E-state index in [0.29, 0.717) is 37.4 Å². The number of carbonyl (C=O) groups excluding carboxylic acids is 2. The molecule has 9 heteroatoms. The molecular weight excluding hydrogens is 498 g/mol. The summed E-state index contributed by atoms with van der Waals surface area (Å²) in [7, 11) is 1.60. The Balaban J connectivity index is 1.57. The molecule has 0 saturated carbocycles. The quantitative estimate of drug-likeness (QED) is 0.332. The zero-order chi connectivity index (χ0) is 27.5. The van der Waals surface area contributed by atoms with E-state index in [1.165, 1.54) is 6.26 Å². The number of esters is 1. The molecule has 202 valence electrons. The molecule has 0 aliphatic carbocycles. The van der Waals surface area contributed by atoms with Crippen molar-refractivity contribution >= 4 is 28.5 Å². The fraction of sp³-hybridized carbons (Fsp3) is 0.300. The first-order chi connectivity index (χ1) is 18.9. The maximum Gasteiger partial charge on any atom is 0.346 e. The van der Waals surface area contributed by atoms with Crippen LogP contribution in [0.1, 0.15) is 40.3 Å². The molecule has 0 radical (unpaired) electrons. The molecule has 1 aliphatic rings. The van der Waals surface area contributed by atoms with E-state index in [0.717, 1.165) is 16.7 Å². The van der Waals surface area contributed by atoms with Gasteiger partial charge in [-0.3, -0.25) is 9.59 Å². The highest BCUT2D eigenvalue weighted by Crippen LogP contribution is 2.31. The molecule has 9 nitrogen and oxygen atoms in total. The number of hydrogen-bond donors (Lipinski definition) is 0. The van der Waals surface area contributed by atoms with Gasteiger partial charge in [0.25, 0.3) is 11.5 Å². The molecule has 2 aromatic heterocycles. The predicted octanol–water partition coefficient (Wildman–Crippen LogP) is 4.18. The van der Waals surface area contributed by atoms with E-state index in [1.54, 1.807) is 42.6 Å². The van der Waals surface area contributed by atoms with Crippen LogP contribution in [0.15, 0.2) is 76.1 Å². The van der Waals surface area contributed by atoms with Gasteiger partial charge in [-0.25, -0.2) is 4.79 Å². The van der Waals surface area contributed by atoms with E-state index >= 15 is 0 Å². The normalized spacial score (nSPS) is 13.6. The third kappa shape index (κ3) is 5.25. The smallest absolute Gasteiger partial charge is 0.346 e. The molecule has 3 heterocycles. The zero-order valence-electron chi connectivity index (χ0n) is 22.3. The maximum absolute atomic E-state index is 14.1. The molecule has 1 amide bonds. The molecule has 5 rings (SSSR count). The average molecular weight is 530 g/mol. The Bertz CT molecular complexity index is 1530. The van der Waals surface area contributed by atoms with Gasteiger partial charge in [0.15, 0.2) is 5.76 Å². The van der Waals surface area contributed by atoms with E-state index in [9.17, 15) is 14.4 Å². The predicted molar refractivity (Wildman–Crippen MR) is 148 cm³/mol. The molecular formula is C30H31N3O6. The second-order valence-electron chi connectivity index (χ2n) is 9.69. The molecule has 0 spiro atoms. The standard InChI is InChI=1S/C30H31N3O6/c1-20(2)39-30(36)26-27(31-14-16-32(17-15-31)28(34)25-9-6-18-38-25)23-7-4-5-8-24(23)33(29(26)35)19-21-10-12-22(37-3)13-11-21/h4-13,18,20H,14-17,19H2,1-3H3. The highest BCUT2D eigenvalue weighted by Gasteiger charge is 2.31. The summed E-state index contributed by atoms with van der Waals surface area (Å²) in [4.78, 5) is 44.0. The topological polar surface area (TPSA) is 94.2 Å². The Morgan fingerprint density at radius 2 is 1.67 bits per heavy atom. The van der Waals surface area contributed by atoms with Crippen molar-refractivity contribution in [3.8, 4) is 5.75 Å². The lowest BCUT2D eigenvalue weighted by Gasteiger charge is -2.37. The number of furan rings is 1. The Kier molecular flexibility index (Phi) is 7.40. The number of anilines is 1. The first-order valence-corrected chi connectivity index (χ1v) is 12.9. The van der Waals surface area contributed by atoms with E-state index < -0.39 is 17.6 Å². The number of para-hydroxylation sites is 1. The van der Waals surface area contributed by atoms with Crippen LogP contribution in [0.25, 0.3) is 10.9 Å². The van der Waals surface area contributed by atoms with Crippen molar-refractivity contribution in [1.29, 1.82) is 0 Å². The third-order valence-corrected chi connectivity index (χ3v) is 6.81. The van der Waals surface area contributed by atoms with Crippen LogP contribution in [0.4, 0.5) is 5.69 Å². The van der Waals surface area contributed by atoms with Gasteiger partial charge in [-0.15, -0.1) is 0 Å². The summed E-state index contributed by atoms with van der Waals surface area (Å²) in [6.07, 6.45) is 1.08. The molecule has 4 aromatic rings. The van der Waals surface area contributed by atoms with Crippen molar-refractivity contribution in [2.75, 3.05) is 38.2 Å². The van der Waals surface area contributed by atoms with Crippen molar-refractivity contribution in [2.45, 2.75) is 26.5 Å². The SMILES string of the molecule is COc1ccc(Cn2c(=O)c(C(=O)OC(C)C)c(N3CCN(C(=O)c4ccco4)CC3)c3ccccc32)cc1. The summed E-state index contributed by atoms with van der Waals surface area (Å²) < 4.78 is 17.7. The van der Waals surface area contributed by atoms with Gasteiger partial charge in [-0.05, 0) is 49.7 Å². The number of nitrogens with zero attached hydrogens (tertiary/aromatic N) is 3. The van der Waals surface area contributed by atoms with Gasteiger partial charge in [0.1, 0.15) is 11.3 Å². The number of amides is 1. The fourth-order valence-electron chi connectivity index (χ4n) is 4.93. The first-order valence-electron chi connectivity index (χ1n) is 12.9. The number of pyridine rings is 1. The molecule has 2 aromatic carbocycles. The highest BCUT2D eigenvalue weighted by atomic mass is 16.5. The zero-order valence-corrected chi connectivity index (χ0v) is 22.3. The Labute approximate surface area is 226 Å². The molecule has 1 saturated heterocycles. The molecule has 0 bridgehead atoms. The van der Waals surface area contributed by atoms with Crippen LogP contribution >= 0.6 is 0 Å². The van der Waals surface area contributed by atoms with Crippen molar-refractivity contribution in [3.63, 3.8) is 0 Å². The van der Waals surface area contributed by atoms with Crippen LogP contribution < -0.4 is 15.2 Å². The number of piperazine rings is 1. The van der Waals surface area contributed by atoms with Gasteiger partial charge in [0.05, 0.1) is 37.2 Å². The van der Waals surface area contributed by atoms with Crippen LogP contribution in [-0.4, -0.2) is 60.7 Å². The lowest BCUT2D eigenvalue weighted by molar-refractivity contribution is 0.0375. The minimum atomic E-state index is -0.659. The maximum atomic E-state index is 14.1. The van der Waals surface area contributed by atoms with Gasteiger partial charge in [-0.1, -0.05) is 30.3 Å². The van der Waals surface area contributed by atoms with Crippen molar-refractivity contribution in [3.05, 3.63) is 94.2 Å². The molecule has 1 aliphatic heterocycles. The number of rotatable bonds is 7. The molecule has 0 N–H and O–H groups in total. The van der Waals surface area contributed by atoms with Gasteiger partial charge in [-0.2, -0.15) is 0 Å². The number of hydrogen-bond acceptors (Lipinski definition) is 7. The van der Waals surface area contributed by atoms with Crippen LogP contribution in [0.5, 0.6) is 5.75 Å². The van der Waals surface area contributed by atoms with Gasteiger partial charge in [0.2, 0.25) is 0 Å². The van der Waals surface area contributed by atoms with E-state index in [2.05, 4.69) is 0 Å². The summed E-state index contributed by atoms with van der Waals surface area (Å²) in [6.45, 7) is 5.52. The van der Waals surface area contributed by atoms with Crippen LogP contribution in [0.3, 0.4) is 0 Å². The molecule has 0 atom stereocenters. The summed E-state index contributed by atoms with van der Waals surface area (Å²) in [5.74, 6) is 0.167. The third-order valence-electron chi connectivity index (χ3n) is 6.81. The molecule has 39 heavy (non-hydrogen) atoms. The van der Waals surface area contributed by atoms with E-state index in [-0.39, 0.29) is 23.8 Å². The number of carbonyl (C=O) groups is 2. The number of fused-ring (bicyclic) bond motifs is 1. The number of benzene rings is 2. The van der Waals surface area contributed by atoms with Crippen LogP contribution in [0, 0.1) is 0 Å².